The van der Waals surface area contributed by atoms with E-state index in [0.717, 1.165) is 11.1 Å². The first-order valence-corrected chi connectivity index (χ1v) is 4.85. The van der Waals surface area contributed by atoms with Crippen LogP contribution in [0, 0.1) is 6.92 Å². The Morgan fingerprint density at radius 1 is 1.43 bits per heavy atom. The van der Waals surface area contributed by atoms with Crippen LogP contribution < -0.4 is 11.5 Å². The van der Waals surface area contributed by atoms with Crippen LogP contribution in [-0.4, -0.2) is 11.7 Å². The molecule has 1 aromatic rings. The molecule has 0 saturated carbocycles. The molecule has 0 aliphatic rings. The largest absolute Gasteiger partial charge is 0.387 e. The Bertz CT molecular complexity index is 328. The zero-order chi connectivity index (χ0) is 10.7. The van der Waals surface area contributed by atoms with Crippen molar-refractivity contribution in [2.24, 2.45) is 11.5 Å². The maximum atomic E-state index is 9.65. The van der Waals surface area contributed by atoms with E-state index in [2.05, 4.69) is 0 Å². The van der Waals surface area contributed by atoms with Crippen LogP contribution in [0.1, 0.15) is 22.8 Å². The SMILES string of the molecule is Cc1cc(Cl)c(C(O)CN)c(CN)c1. The summed E-state index contributed by atoms with van der Waals surface area (Å²) in [6.45, 7) is 2.44. The van der Waals surface area contributed by atoms with Crippen molar-refractivity contribution < 1.29 is 5.11 Å². The third-order valence-electron chi connectivity index (χ3n) is 2.14. The monoisotopic (exact) mass is 214 g/mol. The second-order valence-electron chi connectivity index (χ2n) is 3.28. The van der Waals surface area contributed by atoms with E-state index in [1.165, 1.54) is 0 Å². The van der Waals surface area contributed by atoms with Gasteiger partial charge in [0, 0.05) is 23.7 Å². The number of halogens is 1. The first-order chi connectivity index (χ1) is 6.60. The number of rotatable bonds is 3. The Balaban J connectivity index is 3.24. The molecule has 0 heterocycles. The number of aliphatic hydroxyl groups is 1. The van der Waals surface area contributed by atoms with Gasteiger partial charge >= 0.3 is 0 Å². The van der Waals surface area contributed by atoms with Crippen LogP contribution >= 0.6 is 11.6 Å². The average molecular weight is 215 g/mol. The van der Waals surface area contributed by atoms with Crippen LogP contribution in [0.25, 0.3) is 0 Å². The van der Waals surface area contributed by atoms with Crippen LogP contribution in [0.2, 0.25) is 5.02 Å². The van der Waals surface area contributed by atoms with Gasteiger partial charge in [-0.1, -0.05) is 17.7 Å². The Kier molecular flexibility index (Phi) is 3.89. The van der Waals surface area contributed by atoms with Crippen molar-refractivity contribution >= 4 is 11.6 Å². The number of nitrogens with two attached hydrogens (primary N) is 2. The quantitative estimate of drug-likeness (QED) is 0.706. The number of aryl methyl sites for hydroxylation is 1. The third-order valence-corrected chi connectivity index (χ3v) is 2.45. The van der Waals surface area contributed by atoms with E-state index in [1.807, 2.05) is 13.0 Å². The lowest BCUT2D eigenvalue weighted by molar-refractivity contribution is 0.186. The standard InChI is InChI=1S/C10H15ClN2O/c1-6-2-7(4-12)10(8(11)3-6)9(14)5-13/h2-3,9,14H,4-5,12-13H2,1H3. The number of hydrogen-bond donors (Lipinski definition) is 3. The molecule has 0 aromatic heterocycles. The molecule has 0 aliphatic heterocycles. The van der Waals surface area contributed by atoms with Gasteiger partial charge in [-0.05, 0) is 24.1 Å². The van der Waals surface area contributed by atoms with Crippen molar-refractivity contribution in [3.63, 3.8) is 0 Å². The minimum absolute atomic E-state index is 0.149. The first kappa shape index (κ1) is 11.5. The summed E-state index contributed by atoms with van der Waals surface area (Å²) < 4.78 is 0. The highest BCUT2D eigenvalue weighted by atomic mass is 35.5. The van der Waals surface area contributed by atoms with Crippen molar-refractivity contribution in [3.05, 3.63) is 33.8 Å². The van der Waals surface area contributed by atoms with Crippen LogP contribution in [0.15, 0.2) is 12.1 Å². The zero-order valence-corrected chi connectivity index (χ0v) is 8.88. The van der Waals surface area contributed by atoms with Crippen LogP contribution in [0.3, 0.4) is 0 Å². The van der Waals surface area contributed by atoms with Gasteiger partial charge in [-0.3, -0.25) is 0 Å². The topological polar surface area (TPSA) is 72.3 Å². The number of benzene rings is 1. The molecule has 1 atom stereocenters. The molecule has 1 unspecified atom stereocenters. The molecule has 0 aliphatic carbocycles. The van der Waals surface area contributed by atoms with Gasteiger partial charge in [-0.2, -0.15) is 0 Å². The highest BCUT2D eigenvalue weighted by molar-refractivity contribution is 6.31. The molecule has 0 spiro atoms. The summed E-state index contributed by atoms with van der Waals surface area (Å²) in [5.41, 5.74) is 13.5. The van der Waals surface area contributed by atoms with Gasteiger partial charge < -0.3 is 16.6 Å². The molecular formula is C10H15ClN2O. The Labute approximate surface area is 88.7 Å². The highest BCUT2D eigenvalue weighted by Gasteiger charge is 2.14. The summed E-state index contributed by atoms with van der Waals surface area (Å²) in [5, 5.41) is 10.2. The van der Waals surface area contributed by atoms with E-state index in [-0.39, 0.29) is 6.54 Å². The van der Waals surface area contributed by atoms with E-state index in [1.54, 1.807) is 6.07 Å². The maximum Gasteiger partial charge on any atom is 0.0929 e. The lowest BCUT2D eigenvalue weighted by Crippen LogP contribution is -2.15. The molecule has 0 saturated heterocycles. The van der Waals surface area contributed by atoms with Crippen molar-refractivity contribution in [2.45, 2.75) is 19.6 Å². The van der Waals surface area contributed by atoms with Gasteiger partial charge in [0.1, 0.15) is 0 Å². The summed E-state index contributed by atoms with van der Waals surface area (Å²) in [7, 11) is 0. The van der Waals surface area contributed by atoms with Crippen LogP contribution in [-0.2, 0) is 6.54 Å². The first-order valence-electron chi connectivity index (χ1n) is 4.47. The lowest BCUT2D eigenvalue weighted by atomic mass is 10.00. The fourth-order valence-electron chi connectivity index (χ4n) is 1.49. The molecule has 0 amide bonds. The molecule has 1 aromatic carbocycles. The minimum atomic E-state index is -0.735. The van der Waals surface area contributed by atoms with Crippen molar-refractivity contribution in [1.82, 2.24) is 0 Å². The molecule has 14 heavy (non-hydrogen) atoms. The van der Waals surface area contributed by atoms with Crippen molar-refractivity contribution in [2.75, 3.05) is 6.54 Å². The molecule has 5 N–H and O–H groups in total. The van der Waals surface area contributed by atoms with Crippen molar-refractivity contribution in [3.8, 4) is 0 Å². The fraction of sp³-hybridized carbons (Fsp3) is 0.400. The van der Waals surface area contributed by atoms with Crippen molar-refractivity contribution in [1.29, 1.82) is 0 Å². The van der Waals surface area contributed by atoms with Gasteiger partial charge in [-0.15, -0.1) is 0 Å². The molecular weight excluding hydrogens is 200 g/mol. The number of hydrogen-bond acceptors (Lipinski definition) is 3. The molecule has 0 radical (unpaired) electrons. The Morgan fingerprint density at radius 3 is 2.57 bits per heavy atom. The highest BCUT2D eigenvalue weighted by Crippen LogP contribution is 2.27. The zero-order valence-electron chi connectivity index (χ0n) is 8.13. The van der Waals surface area contributed by atoms with Gasteiger partial charge in [0.05, 0.1) is 6.10 Å². The van der Waals surface area contributed by atoms with E-state index in [4.69, 9.17) is 23.1 Å². The van der Waals surface area contributed by atoms with E-state index in [9.17, 15) is 5.11 Å². The van der Waals surface area contributed by atoms with Crippen LogP contribution in [0.5, 0.6) is 0 Å². The predicted octanol–water partition coefficient (Wildman–Crippen LogP) is 1.10. The van der Waals surface area contributed by atoms with Gasteiger partial charge in [0.25, 0.3) is 0 Å². The second-order valence-corrected chi connectivity index (χ2v) is 3.68. The van der Waals surface area contributed by atoms with Gasteiger partial charge in [-0.25, -0.2) is 0 Å². The maximum absolute atomic E-state index is 9.65. The summed E-state index contributed by atoms with van der Waals surface area (Å²) in [6.07, 6.45) is -0.735. The number of aliphatic hydroxyl groups excluding tert-OH is 1. The van der Waals surface area contributed by atoms with Crippen LogP contribution in [0.4, 0.5) is 0 Å². The minimum Gasteiger partial charge on any atom is -0.387 e. The second kappa shape index (κ2) is 4.75. The predicted molar refractivity (Wildman–Crippen MR) is 58.1 cm³/mol. The Hall–Kier alpha value is -0.610. The average Bonchev–Trinajstić information content (AvgIpc) is 2.15. The molecule has 0 fully saturated rings. The summed E-state index contributed by atoms with van der Waals surface area (Å²) >= 11 is 6.02. The lowest BCUT2D eigenvalue weighted by Gasteiger charge is -2.15. The molecule has 3 nitrogen and oxygen atoms in total. The van der Waals surface area contributed by atoms with E-state index in [0.29, 0.717) is 17.1 Å². The van der Waals surface area contributed by atoms with E-state index < -0.39 is 6.10 Å². The Morgan fingerprint density at radius 2 is 2.07 bits per heavy atom. The summed E-state index contributed by atoms with van der Waals surface area (Å²) in [6, 6.07) is 3.72. The normalized spacial score (nSPS) is 12.9. The summed E-state index contributed by atoms with van der Waals surface area (Å²) in [4.78, 5) is 0. The third kappa shape index (κ3) is 2.25. The molecule has 78 valence electrons. The summed E-state index contributed by atoms with van der Waals surface area (Å²) in [5.74, 6) is 0. The van der Waals surface area contributed by atoms with E-state index >= 15 is 0 Å². The van der Waals surface area contributed by atoms with Gasteiger partial charge in [0.15, 0.2) is 0 Å². The smallest absolute Gasteiger partial charge is 0.0929 e. The molecule has 4 heteroatoms. The molecule has 1 rings (SSSR count). The fourth-order valence-corrected chi connectivity index (χ4v) is 1.90. The molecule has 0 bridgehead atoms. The van der Waals surface area contributed by atoms with Gasteiger partial charge in [0.2, 0.25) is 0 Å².